The van der Waals surface area contributed by atoms with E-state index in [1.807, 2.05) is 20.8 Å². The van der Waals surface area contributed by atoms with Gasteiger partial charge in [-0.1, -0.05) is 25.6 Å². The van der Waals surface area contributed by atoms with Gasteiger partial charge in [-0.05, 0) is 20.8 Å². The average Bonchev–Trinajstić information content (AvgIpc) is 2.24. The van der Waals surface area contributed by atoms with E-state index >= 15 is 0 Å². The molecule has 1 fully saturated rings. The number of rotatable bonds is 0. The highest BCUT2D eigenvalue weighted by molar-refractivity contribution is 6.83. The summed E-state index contributed by atoms with van der Waals surface area (Å²) in [6, 6.07) is 0. The summed E-state index contributed by atoms with van der Waals surface area (Å²) in [5.41, 5.74) is 1.13. The van der Waals surface area contributed by atoms with Gasteiger partial charge in [0.2, 0.25) is 0 Å². The van der Waals surface area contributed by atoms with E-state index in [0.29, 0.717) is 13.1 Å². The minimum atomic E-state index is -1.57. The number of likely N-dealkylation sites (tertiary alicyclic amines) is 1. The molecule has 0 aromatic rings. The zero-order valence-corrected chi connectivity index (χ0v) is 14.5. The fourth-order valence-corrected chi connectivity index (χ4v) is 2.39. The summed E-state index contributed by atoms with van der Waals surface area (Å²) in [5.74, 6) is 2.81. The zero-order chi connectivity index (χ0) is 15.6. The Hall–Kier alpha value is -1.02. The monoisotopic (exact) mass is 299 g/mol. The van der Waals surface area contributed by atoms with Gasteiger partial charge in [-0.2, -0.15) is 0 Å². The molecule has 0 N–H and O–H groups in total. The molecule has 0 atom stereocenters. The lowest BCUT2D eigenvalue weighted by Gasteiger charge is -2.34. The van der Waals surface area contributed by atoms with E-state index in [9.17, 15) is 9.18 Å². The number of amides is 1. The molecule has 0 spiro atoms. The molecule has 114 valence electrons. The molecule has 0 radical (unpaired) electrons. The van der Waals surface area contributed by atoms with E-state index in [1.165, 1.54) is 0 Å². The fraction of sp³-hybridized carbons (Fsp3) is 0.800. The first-order chi connectivity index (χ1) is 8.90. The lowest BCUT2D eigenvalue weighted by Crippen LogP contribution is -2.46. The van der Waals surface area contributed by atoms with Crippen LogP contribution in [0.25, 0.3) is 0 Å². The van der Waals surface area contributed by atoms with Crippen LogP contribution in [0.15, 0.2) is 0 Å². The largest absolute Gasteiger partial charge is 0.444 e. The highest BCUT2D eigenvalue weighted by Crippen LogP contribution is 2.27. The molecule has 1 saturated heterocycles. The molecule has 1 rings (SSSR count). The SMILES string of the molecule is CC(C)(C)OC(=O)N1CCC(F)(C#C[Si](C)(C)C)CC1. The van der Waals surface area contributed by atoms with Gasteiger partial charge in [0.05, 0.1) is 0 Å². The van der Waals surface area contributed by atoms with Gasteiger partial charge in [0.25, 0.3) is 0 Å². The Bertz CT molecular complexity index is 418. The summed E-state index contributed by atoms with van der Waals surface area (Å²) in [7, 11) is -1.57. The number of nitrogens with zero attached hydrogens (tertiary/aromatic N) is 1. The summed E-state index contributed by atoms with van der Waals surface area (Å²) >= 11 is 0. The minimum absolute atomic E-state index is 0.268. The van der Waals surface area contributed by atoms with E-state index in [1.54, 1.807) is 4.90 Å². The van der Waals surface area contributed by atoms with E-state index in [0.717, 1.165) is 0 Å². The molecular formula is C15H26FNO2Si. The number of hydrogen-bond donors (Lipinski definition) is 0. The maximum absolute atomic E-state index is 14.5. The van der Waals surface area contributed by atoms with Crippen LogP contribution in [-0.2, 0) is 4.74 Å². The standard InChI is InChI=1S/C15H26FNO2Si/c1-14(2,3)19-13(18)17-10-7-15(16,8-11-17)9-12-20(4,5)6/h7-8,10-11H2,1-6H3. The molecule has 0 aromatic heterocycles. The van der Waals surface area contributed by atoms with Crippen LogP contribution in [0, 0.1) is 11.5 Å². The van der Waals surface area contributed by atoms with Crippen molar-refractivity contribution < 1.29 is 13.9 Å². The van der Waals surface area contributed by atoms with Gasteiger partial charge in [-0.15, -0.1) is 5.54 Å². The van der Waals surface area contributed by atoms with Crippen LogP contribution < -0.4 is 0 Å². The van der Waals surface area contributed by atoms with Gasteiger partial charge in [0.1, 0.15) is 13.7 Å². The van der Waals surface area contributed by atoms with Crippen LogP contribution in [0.1, 0.15) is 33.6 Å². The van der Waals surface area contributed by atoms with E-state index < -0.39 is 19.3 Å². The average molecular weight is 299 g/mol. The van der Waals surface area contributed by atoms with Crippen LogP contribution in [-0.4, -0.2) is 43.4 Å². The Kier molecular flexibility index (Phi) is 4.91. The van der Waals surface area contributed by atoms with Gasteiger partial charge in [-0.3, -0.25) is 0 Å². The second-order valence-corrected chi connectivity index (χ2v) is 12.2. The summed E-state index contributed by atoms with van der Waals surface area (Å²) in [6.45, 7) is 12.5. The van der Waals surface area contributed by atoms with Crippen molar-refractivity contribution in [2.75, 3.05) is 13.1 Å². The molecule has 5 heteroatoms. The molecule has 0 aromatic carbocycles. The molecule has 3 nitrogen and oxygen atoms in total. The molecule has 0 aliphatic carbocycles. The number of carbonyl (C=O) groups is 1. The molecule has 0 bridgehead atoms. The summed E-state index contributed by atoms with van der Waals surface area (Å²) in [6.07, 6.45) is 0.172. The van der Waals surface area contributed by atoms with Crippen molar-refractivity contribution in [3.05, 3.63) is 0 Å². The van der Waals surface area contributed by atoms with Gasteiger partial charge in [0, 0.05) is 25.9 Å². The van der Waals surface area contributed by atoms with Crippen LogP contribution in [0.3, 0.4) is 0 Å². The topological polar surface area (TPSA) is 29.5 Å². The van der Waals surface area contributed by atoms with E-state index in [4.69, 9.17) is 4.74 Å². The Morgan fingerprint density at radius 3 is 2.15 bits per heavy atom. The van der Waals surface area contributed by atoms with Crippen molar-refractivity contribution in [3.8, 4) is 11.5 Å². The Balaban J connectivity index is 2.59. The van der Waals surface area contributed by atoms with Crippen molar-refractivity contribution in [2.24, 2.45) is 0 Å². The maximum atomic E-state index is 14.5. The van der Waals surface area contributed by atoms with Crippen LogP contribution >= 0.6 is 0 Å². The Morgan fingerprint density at radius 2 is 1.75 bits per heavy atom. The first-order valence-electron chi connectivity index (χ1n) is 7.11. The smallest absolute Gasteiger partial charge is 0.410 e. The third-order valence-electron chi connectivity index (χ3n) is 2.87. The number of halogens is 1. The second kappa shape index (κ2) is 5.77. The highest BCUT2D eigenvalue weighted by Gasteiger charge is 2.36. The van der Waals surface area contributed by atoms with Crippen LogP contribution in [0.2, 0.25) is 19.6 Å². The van der Waals surface area contributed by atoms with Crippen molar-refractivity contribution in [1.82, 2.24) is 4.90 Å². The maximum Gasteiger partial charge on any atom is 0.410 e. The number of carbonyl (C=O) groups excluding carboxylic acids is 1. The van der Waals surface area contributed by atoms with Crippen molar-refractivity contribution in [2.45, 2.75) is 64.5 Å². The Labute approximate surface area is 122 Å². The number of alkyl halides is 1. The molecule has 1 amide bonds. The first kappa shape index (κ1) is 17.0. The number of hydrogen-bond acceptors (Lipinski definition) is 2. The molecular weight excluding hydrogens is 273 g/mol. The van der Waals surface area contributed by atoms with Crippen molar-refractivity contribution in [1.29, 1.82) is 0 Å². The molecule has 1 aliphatic heterocycles. The third kappa shape index (κ3) is 5.95. The number of piperidine rings is 1. The second-order valence-electron chi connectivity index (χ2n) is 7.43. The van der Waals surface area contributed by atoms with Gasteiger partial charge < -0.3 is 9.64 Å². The molecule has 1 heterocycles. The molecule has 0 unspecified atom stereocenters. The third-order valence-corrected chi connectivity index (χ3v) is 3.74. The fourth-order valence-electron chi connectivity index (χ4n) is 1.79. The predicted octanol–water partition coefficient (Wildman–Crippen LogP) is 3.61. The summed E-state index contributed by atoms with van der Waals surface area (Å²) in [4.78, 5) is 13.5. The lowest BCUT2D eigenvalue weighted by atomic mass is 9.95. The quantitative estimate of drug-likeness (QED) is 0.505. The molecule has 0 saturated carbocycles. The summed E-state index contributed by atoms with van der Waals surface area (Å²) in [5, 5.41) is 0. The van der Waals surface area contributed by atoms with E-state index in [2.05, 4.69) is 31.1 Å². The first-order valence-corrected chi connectivity index (χ1v) is 10.6. The van der Waals surface area contributed by atoms with E-state index in [-0.39, 0.29) is 18.9 Å². The normalized spacial score (nSPS) is 19.1. The Morgan fingerprint density at radius 1 is 1.25 bits per heavy atom. The zero-order valence-electron chi connectivity index (χ0n) is 13.5. The van der Waals surface area contributed by atoms with Gasteiger partial charge in [-0.25, -0.2) is 9.18 Å². The van der Waals surface area contributed by atoms with Gasteiger partial charge in [0.15, 0.2) is 5.67 Å². The van der Waals surface area contributed by atoms with Crippen LogP contribution in [0.4, 0.5) is 9.18 Å². The van der Waals surface area contributed by atoms with Crippen LogP contribution in [0.5, 0.6) is 0 Å². The van der Waals surface area contributed by atoms with Crippen molar-refractivity contribution in [3.63, 3.8) is 0 Å². The van der Waals surface area contributed by atoms with Crippen molar-refractivity contribution >= 4 is 14.2 Å². The highest BCUT2D eigenvalue weighted by atomic mass is 28.3. The number of ether oxygens (including phenoxy) is 1. The summed E-state index contributed by atoms with van der Waals surface area (Å²) < 4.78 is 19.8. The molecule has 1 aliphatic rings. The predicted molar refractivity (Wildman–Crippen MR) is 82.0 cm³/mol. The van der Waals surface area contributed by atoms with Gasteiger partial charge >= 0.3 is 6.09 Å². The molecule has 20 heavy (non-hydrogen) atoms. The minimum Gasteiger partial charge on any atom is -0.444 e. The lowest BCUT2D eigenvalue weighted by molar-refractivity contribution is 0.0117.